The molecule has 1 aromatic heterocycles. The molecule has 3 rings (SSSR count). The lowest BCUT2D eigenvalue weighted by molar-refractivity contribution is -0.116. The van der Waals surface area contributed by atoms with Crippen molar-refractivity contribution in [3.8, 4) is 22.9 Å². The van der Waals surface area contributed by atoms with Gasteiger partial charge in [0.1, 0.15) is 6.54 Å². The van der Waals surface area contributed by atoms with E-state index in [4.69, 9.17) is 14.0 Å². The number of carbonyl (C=O) groups excluding carboxylic acids is 1. The Morgan fingerprint density at radius 3 is 2.59 bits per heavy atom. The second-order valence-electron chi connectivity index (χ2n) is 6.76. The van der Waals surface area contributed by atoms with Gasteiger partial charge in [0.2, 0.25) is 5.91 Å². The molecule has 1 N–H and O–H groups in total. The Labute approximate surface area is 168 Å². The number of methoxy groups -OCH3 is 2. The summed E-state index contributed by atoms with van der Waals surface area (Å²) in [6.45, 7) is 3.91. The molecule has 0 fully saturated rings. The fraction of sp³-hybridized carbons (Fsp3) is 0.286. The second-order valence-corrected chi connectivity index (χ2v) is 6.76. The van der Waals surface area contributed by atoms with E-state index in [-0.39, 0.29) is 18.3 Å². The number of anilines is 1. The molecule has 152 valence electrons. The molecule has 1 amide bonds. The van der Waals surface area contributed by atoms with Gasteiger partial charge in [-0.25, -0.2) is 9.36 Å². The number of rotatable bonds is 7. The van der Waals surface area contributed by atoms with Crippen LogP contribution in [0.1, 0.15) is 25.3 Å². The number of ether oxygens (including phenoxy) is 2. The maximum Gasteiger partial charge on any atom is 0.442 e. The number of aromatic nitrogens is 2. The molecule has 0 aliphatic heterocycles. The van der Waals surface area contributed by atoms with Crippen molar-refractivity contribution in [3.05, 3.63) is 58.6 Å². The fourth-order valence-corrected chi connectivity index (χ4v) is 2.91. The molecule has 8 heteroatoms. The van der Waals surface area contributed by atoms with E-state index in [0.717, 1.165) is 5.56 Å². The average Bonchev–Trinajstić information content (AvgIpc) is 3.07. The number of hydrogen-bond donors (Lipinski definition) is 1. The van der Waals surface area contributed by atoms with E-state index in [2.05, 4.69) is 24.3 Å². The zero-order valence-electron chi connectivity index (χ0n) is 16.8. The highest BCUT2D eigenvalue weighted by molar-refractivity contribution is 5.90. The lowest BCUT2D eigenvalue weighted by Crippen LogP contribution is -2.25. The van der Waals surface area contributed by atoms with Gasteiger partial charge in [0.15, 0.2) is 17.3 Å². The van der Waals surface area contributed by atoms with Crippen molar-refractivity contribution >= 4 is 11.6 Å². The summed E-state index contributed by atoms with van der Waals surface area (Å²) in [6, 6.07) is 12.7. The molecule has 0 saturated carbocycles. The summed E-state index contributed by atoms with van der Waals surface area (Å²) < 4.78 is 16.5. The lowest BCUT2D eigenvalue weighted by Gasteiger charge is -2.11. The molecule has 0 atom stereocenters. The van der Waals surface area contributed by atoms with E-state index in [1.165, 1.54) is 18.8 Å². The van der Waals surface area contributed by atoms with Crippen LogP contribution in [-0.4, -0.2) is 29.9 Å². The third-order valence-electron chi connectivity index (χ3n) is 4.47. The Morgan fingerprint density at radius 1 is 1.14 bits per heavy atom. The van der Waals surface area contributed by atoms with Crippen LogP contribution in [0.4, 0.5) is 5.69 Å². The van der Waals surface area contributed by atoms with Gasteiger partial charge in [-0.2, -0.15) is 0 Å². The van der Waals surface area contributed by atoms with Gasteiger partial charge in [0.25, 0.3) is 0 Å². The number of nitrogens with zero attached hydrogens (tertiary/aromatic N) is 2. The minimum Gasteiger partial charge on any atom is -0.493 e. The first-order valence-corrected chi connectivity index (χ1v) is 9.11. The van der Waals surface area contributed by atoms with E-state index in [9.17, 15) is 9.59 Å². The molecule has 3 aromatic rings. The molecule has 29 heavy (non-hydrogen) atoms. The summed E-state index contributed by atoms with van der Waals surface area (Å²) in [7, 11) is 3.04. The van der Waals surface area contributed by atoms with E-state index in [0.29, 0.717) is 28.7 Å². The van der Waals surface area contributed by atoms with Crippen LogP contribution in [0.2, 0.25) is 0 Å². The van der Waals surface area contributed by atoms with E-state index in [1.807, 2.05) is 18.2 Å². The number of benzene rings is 2. The molecular formula is C21H23N3O5. The van der Waals surface area contributed by atoms with Crippen LogP contribution in [0.15, 0.2) is 51.8 Å². The number of amides is 1. The van der Waals surface area contributed by atoms with Gasteiger partial charge in [-0.05, 0) is 41.8 Å². The minimum atomic E-state index is -0.721. The maximum absolute atomic E-state index is 12.5. The molecule has 0 radical (unpaired) electrons. The normalized spacial score (nSPS) is 10.8. The summed E-state index contributed by atoms with van der Waals surface area (Å²) in [4.78, 5) is 24.7. The predicted molar refractivity (Wildman–Crippen MR) is 108 cm³/mol. The zero-order chi connectivity index (χ0) is 21.0. The summed E-state index contributed by atoms with van der Waals surface area (Å²) >= 11 is 0. The standard InChI is InChI=1S/C21H23N3O5/c1-13(2)14-6-5-7-16(10-14)22-19(25)12-24-20(23-29-21(24)26)15-8-9-17(27-3)18(11-15)28-4/h5-11,13H,12H2,1-4H3,(H,22,25). The van der Waals surface area contributed by atoms with Gasteiger partial charge in [-0.1, -0.05) is 31.1 Å². The van der Waals surface area contributed by atoms with Crippen molar-refractivity contribution in [1.29, 1.82) is 0 Å². The first-order chi connectivity index (χ1) is 13.9. The molecule has 2 aromatic carbocycles. The van der Waals surface area contributed by atoms with Crippen molar-refractivity contribution in [2.45, 2.75) is 26.3 Å². The summed E-state index contributed by atoms with van der Waals surface area (Å²) in [5.41, 5.74) is 2.33. The van der Waals surface area contributed by atoms with Gasteiger partial charge >= 0.3 is 5.76 Å². The topological polar surface area (TPSA) is 95.6 Å². The SMILES string of the molecule is COc1ccc(-c2noc(=O)n2CC(=O)Nc2cccc(C(C)C)c2)cc1OC. The van der Waals surface area contributed by atoms with Gasteiger partial charge in [-0.3, -0.25) is 9.32 Å². The first-order valence-electron chi connectivity index (χ1n) is 9.11. The third kappa shape index (κ3) is 4.48. The fourth-order valence-electron chi connectivity index (χ4n) is 2.91. The first kappa shape index (κ1) is 20.2. The van der Waals surface area contributed by atoms with Crippen LogP contribution in [0.25, 0.3) is 11.4 Å². The van der Waals surface area contributed by atoms with Gasteiger partial charge in [0, 0.05) is 11.3 Å². The summed E-state index contributed by atoms with van der Waals surface area (Å²) in [5, 5.41) is 6.62. The Balaban J connectivity index is 1.84. The van der Waals surface area contributed by atoms with Crippen LogP contribution < -0.4 is 20.5 Å². The Bertz CT molecular complexity index is 1070. The van der Waals surface area contributed by atoms with E-state index >= 15 is 0 Å². The summed E-state index contributed by atoms with van der Waals surface area (Å²) in [6.07, 6.45) is 0. The quantitative estimate of drug-likeness (QED) is 0.657. The van der Waals surface area contributed by atoms with Crippen molar-refractivity contribution in [3.63, 3.8) is 0 Å². The molecule has 0 bridgehead atoms. The molecule has 0 unspecified atom stereocenters. The molecular weight excluding hydrogens is 374 g/mol. The van der Waals surface area contributed by atoms with Crippen molar-refractivity contribution < 1.29 is 18.8 Å². The van der Waals surface area contributed by atoms with Gasteiger partial charge < -0.3 is 14.8 Å². The highest BCUT2D eigenvalue weighted by Gasteiger charge is 2.18. The second kappa shape index (κ2) is 8.64. The molecule has 1 heterocycles. The van der Waals surface area contributed by atoms with Crippen LogP contribution in [-0.2, 0) is 11.3 Å². The molecule has 0 saturated heterocycles. The zero-order valence-corrected chi connectivity index (χ0v) is 16.8. The average molecular weight is 397 g/mol. The third-order valence-corrected chi connectivity index (χ3v) is 4.47. The van der Waals surface area contributed by atoms with Gasteiger partial charge in [0.05, 0.1) is 14.2 Å². The van der Waals surface area contributed by atoms with Crippen molar-refractivity contribution in [1.82, 2.24) is 9.72 Å². The number of nitrogens with one attached hydrogen (secondary N) is 1. The van der Waals surface area contributed by atoms with Crippen molar-refractivity contribution in [2.24, 2.45) is 0 Å². The summed E-state index contributed by atoms with van der Waals surface area (Å²) in [5.74, 6) is 0.489. The smallest absolute Gasteiger partial charge is 0.442 e. The van der Waals surface area contributed by atoms with Crippen LogP contribution >= 0.6 is 0 Å². The largest absolute Gasteiger partial charge is 0.493 e. The molecule has 8 nitrogen and oxygen atoms in total. The highest BCUT2D eigenvalue weighted by Crippen LogP contribution is 2.31. The van der Waals surface area contributed by atoms with Crippen molar-refractivity contribution in [2.75, 3.05) is 19.5 Å². The monoisotopic (exact) mass is 397 g/mol. The van der Waals surface area contributed by atoms with Crippen LogP contribution in [0.5, 0.6) is 11.5 Å². The van der Waals surface area contributed by atoms with Crippen LogP contribution in [0, 0.1) is 0 Å². The molecule has 0 aliphatic carbocycles. The number of carbonyl (C=O) groups is 1. The number of hydrogen-bond acceptors (Lipinski definition) is 6. The molecule has 0 spiro atoms. The lowest BCUT2D eigenvalue weighted by atomic mass is 10.0. The van der Waals surface area contributed by atoms with Crippen LogP contribution in [0.3, 0.4) is 0 Å². The molecule has 0 aliphatic rings. The Morgan fingerprint density at radius 2 is 1.90 bits per heavy atom. The highest BCUT2D eigenvalue weighted by atomic mass is 16.5. The van der Waals surface area contributed by atoms with E-state index < -0.39 is 5.76 Å². The van der Waals surface area contributed by atoms with E-state index in [1.54, 1.807) is 24.3 Å². The Hall–Kier alpha value is -3.55. The van der Waals surface area contributed by atoms with Gasteiger partial charge in [-0.15, -0.1) is 0 Å². The predicted octanol–water partition coefficient (Wildman–Crippen LogP) is 3.28. The Kier molecular flexibility index (Phi) is 6.01. The minimum absolute atomic E-state index is 0.224. The maximum atomic E-state index is 12.5.